The summed E-state index contributed by atoms with van der Waals surface area (Å²) < 4.78 is 0. The van der Waals surface area contributed by atoms with E-state index in [2.05, 4.69) is 10.3 Å². The van der Waals surface area contributed by atoms with Crippen LogP contribution in [-0.2, 0) is 11.3 Å². The van der Waals surface area contributed by atoms with Gasteiger partial charge in [0.05, 0.1) is 11.6 Å². The number of amides is 2. The lowest BCUT2D eigenvalue weighted by Gasteiger charge is -2.37. The van der Waals surface area contributed by atoms with Gasteiger partial charge in [0.25, 0.3) is 0 Å². The molecular weight excluding hydrogens is 278 g/mol. The van der Waals surface area contributed by atoms with Gasteiger partial charge in [0, 0.05) is 17.6 Å². The van der Waals surface area contributed by atoms with Crippen LogP contribution in [0.15, 0.2) is 6.20 Å². The Bertz CT molecular complexity index is 503. The number of piperidine rings is 1. The smallest absolute Gasteiger partial charge is 0.326 e. The monoisotopic (exact) mass is 297 g/mol. The van der Waals surface area contributed by atoms with Gasteiger partial charge in [-0.15, -0.1) is 11.3 Å². The molecule has 0 aliphatic carbocycles. The summed E-state index contributed by atoms with van der Waals surface area (Å²) in [6, 6.07) is -1.04. The molecule has 0 saturated carbocycles. The number of carbonyl (C=O) groups is 2. The molecule has 1 fully saturated rings. The van der Waals surface area contributed by atoms with Gasteiger partial charge in [-0.1, -0.05) is 6.92 Å². The van der Waals surface area contributed by atoms with Crippen LogP contribution in [0.5, 0.6) is 0 Å². The van der Waals surface area contributed by atoms with E-state index in [1.54, 1.807) is 6.20 Å². The minimum atomic E-state index is -0.930. The van der Waals surface area contributed by atoms with Crippen LogP contribution in [0.3, 0.4) is 0 Å². The number of thiazole rings is 1. The van der Waals surface area contributed by atoms with Gasteiger partial charge in [-0.05, 0) is 25.7 Å². The van der Waals surface area contributed by atoms with Gasteiger partial charge in [0.2, 0.25) is 0 Å². The Morgan fingerprint density at radius 2 is 2.35 bits per heavy atom. The number of aromatic nitrogens is 1. The molecule has 0 radical (unpaired) electrons. The molecule has 0 spiro atoms. The Morgan fingerprint density at radius 3 is 2.95 bits per heavy atom. The Balaban J connectivity index is 1.97. The third kappa shape index (κ3) is 3.27. The van der Waals surface area contributed by atoms with Crippen LogP contribution in [0.25, 0.3) is 0 Å². The largest absolute Gasteiger partial charge is 0.480 e. The molecule has 6 nitrogen and oxygen atoms in total. The minimum absolute atomic E-state index is 0.0161. The standard InChI is InChI=1S/C13H19N3O3S/c1-8-4-3-5-16(11(8)12(17)18)13(19)15-7-10-6-14-9(2)20-10/h6,8,11H,3-5,7H2,1-2H3,(H,15,19)(H,17,18). The maximum Gasteiger partial charge on any atom is 0.326 e. The molecule has 2 N–H and O–H groups in total. The van der Waals surface area contributed by atoms with Crippen molar-refractivity contribution in [3.8, 4) is 0 Å². The van der Waals surface area contributed by atoms with E-state index in [1.807, 2.05) is 13.8 Å². The molecule has 2 rings (SSSR count). The van der Waals surface area contributed by atoms with E-state index in [9.17, 15) is 14.7 Å². The van der Waals surface area contributed by atoms with Crippen molar-refractivity contribution in [1.82, 2.24) is 15.2 Å². The first-order chi connectivity index (χ1) is 9.49. The molecule has 1 aromatic rings. The zero-order valence-corrected chi connectivity index (χ0v) is 12.4. The van der Waals surface area contributed by atoms with Gasteiger partial charge < -0.3 is 15.3 Å². The van der Waals surface area contributed by atoms with Gasteiger partial charge in [0.1, 0.15) is 6.04 Å². The number of nitrogens with zero attached hydrogens (tertiary/aromatic N) is 2. The average Bonchev–Trinajstić information content (AvgIpc) is 2.81. The summed E-state index contributed by atoms with van der Waals surface area (Å²) in [4.78, 5) is 30.0. The quantitative estimate of drug-likeness (QED) is 0.892. The van der Waals surface area contributed by atoms with E-state index in [0.717, 1.165) is 22.7 Å². The normalized spacial score (nSPS) is 22.6. The lowest BCUT2D eigenvalue weighted by atomic mass is 9.91. The molecule has 110 valence electrons. The molecule has 1 saturated heterocycles. The Hall–Kier alpha value is -1.63. The summed E-state index contributed by atoms with van der Waals surface area (Å²) in [7, 11) is 0. The van der Waals surface area contributed by atoms with Crippen molar-refractivity contribution in [3.05, 3.63) is 16.1 Å². The Labute approximate surface area is 121 Å². The van der Waals surface area contributed by atoms with Crippen LogP contribution in [0, 0.1) is 12.8 Å². The fraction of sp³-hybridized carbons (Fsp3) is 0.615. The Kier molecular flexibility index (Phi) is 4.59. The lowest BCUT2D eigenvalue weighted by Crippen LogP contribution is -2.54. The van der Waals surface area contributed by atoms with Crippen LogP contribution in [0.1, 0.15) is 29.7 Å². The van der Waals surface area contributed by atoms with Crippen LogP contribution < -0.4 is 5.32 Å². The summed E-state index contributed by atoms with van der Waals surface area (Å²) in [6.45, 7) is 4.67. The zero-order chi connectivity index (χ0) is 14.7. The van der Waals surface area contributed by atoms with E-state index in [-0.39, 0.29) is 11.9 Å². The van der Waals surface area contributed by atoms with Crippen molar-refractivity contribution in [2.45, 2.75) is 39.3 Å². The first-order valence-electron chi connectivity index (χ1n) is 6.67. The van der Waals surface area contributed by atoms with Crippen LogP contribution >= 0.6 is 11.3 Å². The molecule has 20 heavy (non-hydrogen) atoms. The molecule has 1 aliphatic rings. The zero-order valence-electron chi connectivity index (χ0n) is 11.6. The first kappa shape index (κ1) is 14.8. The van der Waals surface area contributed by atoms with Gasteiger partial charge >= 0.3 is 12.0 Å². The van der Waals surface area contributed by atoms with Crippen molar-refractivity contribution < 1.29 is 14.7 Å². The summed E-state index contributed by atoms with van der Waals surface area (Å²) in [5.74, 6) is -0.946. The van der Waals surface area contributed by atoms with Gasteiger partial charge in [-0.3, -0.25) is 0 Å². The SMILES string of the molecule is Cc1ncc(CNC(=O)N2CCCC(C)C2C(=O)O)s1. The maximum atomic E-state index is 12.2. The van der Waals surface area contributed by atoms with Crippen molar-refractivity contribution in [1.29, 1.82) is 0 Å². The number of hydrogen-bond acceptors (Lipinski definition) is 4. The number of urea groups is 1. The van der Waals surface area contributed by atoms with Gasteiger partial charge in [-0.25, -0.2) is 14.6 Å². The van der Waals surface area contributed by atoms with Crippen LogP contribution in [0.2, 0.25) is 0 Å². The van der Waals surface area contributed by atoms with Crippen molar-refractivity contribution in [2.75, 3.05) is 6.54 Å². The number of likely N-dealkylation sites (tertiary alicyclic amines) is 1. The molecule has 2 atom stereocenters. The molecule has 2 heterocycles. The highest BCUT2D eigenvalue weighted by atomic mass is 32.1. The topological polar surface area (TPSA) is 82.5 Å². The van der Waals surface area contributed by atoms with Crippen molar-refractivity contribution >= 4 is 23.3 Å². The minimum Gasteiger partial charge on any atom is -0.480 e. The van der Waals surface area contributed by atoms with Crippen LogP contribution in [-0.4, -0.2) is 39.6 Å². The Morgan fingerprint density at radius 1 is 1.60 bits per heavy atom. The number of aliphatic carboxylic acids is 1. The summed E-state index contributed by atoms with van der Waals surface area (Å²) in [6.07, 6.45) is 3.42. The van der Waals surface area contributed by atoms with E-state index in [1.165, 1.54) is 16.2 Å². The number of rotatable bonds is 3. The average molecular weight is 297 g/mol. The van der Waals surface area contributed by atoms with Crippen molar-refractivity contribution in [3.63, 3.8) is 0 Å². The molecule has 1 aromatic heterocycles. The number of nitrogens with one attached hydrogen (secondary N) is 1. The summed E-state index contributed by atoms with van der Waals surface area (Å²) >= 11 is 1.52. The second kappa shape index (κ2) is 6.21. The predicted octanol–water partition coefficient (Wildman–Crippen LogP) is 1.85. The fourth-order valence-corrected chi connectivity index (χ4v) is 3.28. The lowest BCUT2D eigenvalue weighted by molar-refractivity contribution is -0.145. The number of carbonyl (C=O) groups excluding carboxylic acids is 1. The van der Waals surface area contributed by atoms with Crippen LogP contribution in [0.4, 0.5) is 4.79 Å². The van der Waals surface area contributed by atoms with E-state index >= 15 is 0 Å². The third-order valence-corrected chi connectivity index (χ3v) is 4.44. The second-order valence-corrected chi connectivity index (χ2v) is 6.42. The first-order valence-corrected chi connectivity index (χ1v) is 7.49. The number of carboxylic acids is 1. The predicted molar refractivity (Wildman–Crippen MR) is 75.6 cm³/mol. The highest BCUT2D eigenvalue weighted by molar-refractivity contribution is 7.11. The molecule has 2 unspecified atom stereocenters. The van der Waals surface area contributed by atoms with E-state index in [0.29, 0.717) is 13.1 Å². The van der Waals surface area contributed by atoms with Gasteiger partial charge in [0.15, 0.2) is 0 Å². The number of hydrogen-bond donors (Lipinski definition) is 2. The molecule has 0 aromatic carbocycles. The highest BCUT2D eigenvalue weighted by Gasteiger charge is 2.36. The van der Waals surface area contributed by atoms with Crippen molar-refractivity contribution in [2.24, 2.45) is 5.92 Å². The van der Waals surface area contributed by atoms with E-state index < -0.39 is 12.0 Å². The van der Waals surface area contributed by atoms with E-state index in [4.69, 9.17) is 0 Å². The fourth-order valence-electron chi connectivity index (χ4n) is 2.54. The summed E-state index contributed by atoms with van der Waals surface area (Å²) in [5, 5.41) is 13.0. The molecular formula is C13H19N3O3S. The third-order valence-electron chi connectivity index (χ3n) is 3.53. The molecule has 2 amide bonds. The molecule has 0 bridgehead atoms. The maximum absolute atomic E-state index is 12.2. The second-order valence-electron chi connectivity index (χ2n) is 5.10. The summed E-state index contributed by atoms with van der Waals surface area (Å²) in [5.41, 5.74) is 0. The number of carboxylic acid groups (broad SMARTS) is 1. The number of aryl methyl sites for hydroxylation is 1. The molecule has 1 aliphatic heterocycles. The highest BCUT2D eigenvalue weighted by Crippen LogP contribution is 2.23. The van der Waals surface area contributed by atoms with Gasteiger partial charge in [-0.2, -0.15) is 0 Å². The molecule has 7 heteroatoms.